The van der Waals surface area contributed by atoms with Crippen LogP contribution >= 0.6 is 11.8 Å². The van der Waals surface area contributed by atoms with E-state index >= 15 is 0 Å². The van der Waals surface area contributed by atoms with E-state index < -0.39 is 11.2 Å². The van der Waals surface area contributed by atoms with Crippen molar-refractivity contribution in [2.24, 2.45) is 16.8 Å². The summed E-state index contributed by atoms with van der Waals surface area (Å²) in [5.74, 6) is -0.115. The number of nitrogens with zero attached hydrogens (tertiary/aromatic N) is 1. The molecule has 0 radical (unpaired) electrons. The molecule has 3 aliphatic rings. The second kappa shape index (κ2) is 7.59. The molecule has 0 aromatic heterocycles. The number of hydrogen-bond donors (Lipinski definition) is 0. The molecule has 6 heteroatoms. The van der Waals surface area contributed by atoms with E-state index in [1.165, 1.54) is 0 Å². The Labute approximate surface area is 168 Å². The average molecular weight is 397 g/mol. The van der Waals surface area contributed by atoms with Crippen molar-refractivity contribution < 1.29 is 19.1 Å². The van der Waals surface area contributed by atoms with Crippen molar-refractivity contribution >= 4 is 29.7 Å². The van der Waals surface area contributed by atoms with Crippen LogP contribution < -0.4 is 4.74 Å². The maximum Gasteiger partial charge on any atom is 0.310 e. The number of esters is 1. The van der Waals surface area contributed by atoms with Crippen LogP contribution in [0.1, 0.15) is 30.1 Å². The van der Waals surface area contributed by atoms with Gasteiger partial charge >= 0.3 is 5.97 Å². The maximum atomic E-state index is 13.4. The summed E-state index contributed by atoms with van der Waals surface area (Å²) in [6.07, 6.45) is 9.43. The number of hydrogen-bond acceptors (Lipinski definition) is 6. The monoisotopic (exact) mass is 397 g/mol. The molecule has 1 fully saturated rings. The van der Waals surface area contributed by atoms with Crippen molar-refractivity contribution in [3.8, 4) is 5.75 Å². The minimum absolute atomic E-state index is 0.00236. The first kappa shape index (κ1) is 19.0. The summed E-state index contributed by atoms with van der Waals surface area (Å²) < 4.78 is 10.2. The third-order valence-electron chi connectivity index (χ3n) is 5.72. The number of carbonyl (C=O) groups is 2. The molecule has 0 N–H and O–H groups in total. The summed E-state index contributed by atoms with van der Waals surface area (Å²) in [5.41, 5.74) is 1.54. The molecule has 1 saturated heterocycles. The third kappa shape index (κ3) is 3.00. The lowest BCUT2D eigenvalue weighted by molar-refractivity contribution is -0.149. The van der Waals surface area contributed by atoms with Gasteiger partial charge in [-0.25, -0.2) is 0 Å². The fraction of sp³-hybridized carbons (Fsp3) is 0.409. The number of aliphatic imine (C=N–C) groups is 1. The smallest absolute Gasteiger partial charge is 0.310 e. The Hall–Kier alpha value is -2.34. The molecular formula is C22H23NO4S. The topological polar surface area (TPSA) is 65.0 Å². The van der Waals surface area contributed by atoms with Gasteiger partial charge in [-0.05, 0) is 56.0 Å². The fourth-order valence-electron chi connectivity index (χ4n) is 4.40. The summed E-state index contributed by atoms with van der Waals surface area (Å²) in [6.45, 7) is 2.10. The average Bonchev–Trinajstić information content (AvgIpc) is 3.07. The molecule has 28 heavy (non-hydrogen) atoms. The van der Waals surface area contributed by atoms with Crippen molar-refractivity contribution in [3.63, 3.8) is 0 Å². The number of rotatable bonds is 5. The Morgan fingerprint density at radius 2 is 2.07 bits per heavy atom. The van der Waals surface area contributed by atoms with Gasteiger partial charge in [-0.15, -0.1) is 11.8 Å². The van der Waals surface area contributed by atoms with E-state index in [9.17, 15) is 9.59 Å². The molecule has 2 aliphatic heterocycles. The molecule has 1 aromatic rings. The largest absolute Gasteiger partial charge is 0.497 e. The molecule has 4 atom stereocenters. The van der Waals surface area contributed by atoms with Crippen LogP contribution in [0.4, 0.5) is 0 Å². The van der Waals surface area contributed by atoms with Crippen LogP contribution in [-0.2, 0) is 9.53 Å². The van der Waals surface area contributed by atoms with Crippen molar-refractivity contribution in [1.29, 1.82) is 0 Å². The first-order chi connectivity index (χ1) is 13.6. The zero-order valence-corrected chi connectivity index (χ0v) is 16.8. The summed E-state index contributed by atoms with van der Waals surface area (Å²) in [6, 6.07) is 7.07. The predicted octanol–water partition coefficient (Wildman–Crippen LogP) is 3.85. The third-order valence-corrected chi connectivity index (χ3v) is 7.58. The molecule has 1 spiro atoms. The molecule has 5 nitrogen and oxygen atoms in total. The van der Waals surface area contributed by atoms with Gasteiger partial charge in [0, 0.05) is 11.8 Å². The Balaban J connectivity index is 1.72. The van der Waals surface area contributed by atoms with E-state index in [4.69, 9.17) is 9.47 Å². The quantitative estimate of drug-likeness (QED) is 0.558. The molecule has 0 saturated carbocycles. The van der Waals surface area contributed by atoms with Crippen LogP contribution in [0.2, 0.25) is 0 Å². The summed E-state index contributed by atoms with van der Waals surface area (Å²) in [5, 5.41) is -0.492. The van der Waals surface area contributed by atoms with Gasteiger partial charge in [-0.2, -0.15) is 0 Å². The Morgan fingerprint density at radius 1 is 1.29 bits per heavy atom. The van der Waals surface area contributed by atoms with E-state index in [0.717, 1.165) is 12.1 Å². The lowest BCUT2D eigenvalue weighted by Crippen LogP contribution is -2.41. The number of ketones is 1. The van der Waals surface area contributed by atoms with E-state index in [2.05, 4.69) is 11.1 Å². The number of methoxy groups -OCH3 is 1. The number of Topliss-reactive ketones (excluding diaryl/α,β-unsaturated/α-hetero) is 1. The highest BCUT2D eigenvalue weighted by Crippen LogP contribution is 2.61. The standard InChI is InChI=1S/C22H23NO4S/c1-3-27-21(25)18-16-11-13-23-17-6-4-5-12-22(16,17)28-20(18)19(24)14-7-9-15(26-2)10-8-14/h4-10,13,16,18,20H,3,11-12H2,1-2H3. The van der Waals surface area contributed by atoms with Crippen molar-refractivity contribution in [2.45, 2.75) is 29.8 Å². The molecule has 4 unspecified atom stereocenters. The van der Waals surface area contributed by atoms with Crippen LogP contribution in [0.15, 0.2) is 53.2 Å². The van der Waals surface area contributed by atoms with E-state index in [0.29, 0.717) is 24.3 Å². The summed E-state index contributed by atoms with van der Waals surface area (Å²) in [7, 11) is 1.59. The first-order valence-electron chi connectivity index (χ1n) is 9.53. The van der Waals surface area contributed by atoms with Crippen molar-refractivity contribution in [1.82, 2.24) is 0 Å². The first-order valence-corrected chi connectivity index (χ1v) is 10.4. The molecule has 146 valence electrons. The van der Waals surface area contributed by atoms with Crippen LogP contribution in [0.3, 0.4) is 0 Å². The second-order valence-corrected chi connectivity index (χ2v) is 8.61. The lowest BCUT2D eigenvalue weighted by atomic mass is 9.71. The summed E-state index contributed by atoms with van der Waals surface area (Å²) >= 11 is 1.59. The lowest BCUT2D eigenvalue weighted by Gasteiger charge is -2.38. The van der Waals surface area contributed by atoms with Gasteiger partial charge in [-0.1, -0.05) is 12.2 Å². The van der Waals surface area contributed by atoms with Crippen LogP contribution in [0, 0.1) is 11.8 Å². The van der Waals surface area contributed by atoms with Crippen LogP contribution in [0.25, 0.3) is 0 Å². The number of ether oxygens (including phenoxy) is 2. The Kier molecular flexibility index (Phi) is 5.15. The van der Waals surface area contributed by atoms with E-state index in [-0.39, 0.29) is 22.4 Å². The van der Waals surface area contributed by atoms with Crippen LogP contribution in [0.5, 0.6) is 5.75 Å². The summed E-state index contributed by atoms with van der Waals surface area (Å²) in [4.78, 5) is 31.0. The molecule has 0 bridgehead atoms. The molecule has 1 aromatic carbocycles. The number of allylic oxidation sites excluding steroid dienone is 3. The fourth-order valence-corrected chi connectivity index (χ4v) is 6.40. The predicted molar refractivity (Wildman–Crippen MR) is 110 cm³/mol. The molecular weight excluding hydrogens is 374 g/mol. The molecule has 0 amide bonds. The number of carbonyl (C=O) groups excluding carboxylic acids is 2. The van der Waals surface area contributed by atoms with Crippen LogP contribution in [-0.4, -0.2) is 41.7 Å². The van der Waals surface area contributed by atoms with Gasteiger partial charge in [0.1, 0.15) is 5.75 Å². The number of thioether (sulfide) groups is 1. The maximum absolute atomic E-state index is 13.4. The minimum atomic E-state index is -0.492. The van der Waals surface area contributed by atoms with Gasteiger partial charge in [0.25, 0.3) is 0 Å². The SMILES string of the molecule is CCOC(=O)C1C(C(=O)c2ccc(OC)cc2)SC23CC=CC=C2N=CCC13. The van der Waals surface area contributed by atoms with Crippen molar-refractivity contribution in [3.05, 3.63) is 53.8 Å². The van der Waals surface area contributed by atoms with Gasteiger partial charge < -0.3 is 9.47 Å². The normalized spacial score (nSPS) is 30.2. The highest BCUT2D eigenvalue weighted by atomic mass is 32.2. The Bertz CT molecular complexity index is 873. The van der Waals surface area contributed by atoms with Gasteiger partial charge in [0.15, 0.2) is 5.78 Å². The zero-order chi connectivity index (χ0) is 19.7. The highest BCUT2D eigenvalue weighted by Gasteiger charge is 2.61. The molecule has 2 heterocycles. The van der Waals surface area contributed by atoms with E-state index in [1.807, 2.05) is 18.4 Å². The number of benzene rings is 1. The van der Waals surface area contributed by atoms with Gasteiger partial charge in [0.2, 0.25) is 0 Å². The molecule has 1 aliphatic carbocycles. The second-order valence-electron chi connectivity index (χ2n) is 7.14. The zero-order valence-electron chi connectivity index (χ0n) is 16.0. The highest BCUT2D eigenvalue weighted by molar-refractivity contribution is 8.02. The van der Waals surface area contributed by atoms with Gasteiger partial charge in [0.05, 0.1) is 35.3 Å². The van der Waals surface area contributed by atoms with E-state index in [1.54, 1.807) is 50.1 Å². The molecule has 4 rings (SSSR count). The Morgan fingerprint density at radius 3 is 2.79 bits per heavy atom. The minimum Gasteiger partial charge on any atom is -0.497 e. The van der Waals surface area contributed by atoms with Crippen molar-refractivity contribution in [2.75, 3.05) is 13.7 Å². The van der Waals surface area contributed by atoms with Gasteiger partial charge in [-0.3, -0.25) is 14.6 Å².